The van der Waals surface area contributed by atoms with E-state index in [0.29, 0.717) is 5.39 Å². The lowest BCUT2D eigenvalue weighted by molar-refractivity contribution is -0.131. The van der Waals surface area contributed by atoms with Gasteiger partial charge in [0.25, 0.3) is 11.5 Å². The molecule has 0 saturated carbocycles. The molecule has 2 N–H and O–H groups in total. The largest absolute Gasteiger partial charge is 0.315 e. The summed E-state index contributed by atoms with van der Waals surface area (Å²) in [5.41, 5.74) is 4.46. The highest BCUT2D eigenvalue weighted by atomic mass is 32.2. The second kappa shape index (κ2) is 10.1. The van der Waals surface area contributed by atoms with Crippen LogP contribution in [0, 0.1) is 0 Å². The Morgan fingerprint density at radius 3 is 2.32 bits per heavy atom. The first-order valence-electron chi connectivity index (χ1n) is 11.0. The first-order valence-corrected chi connectivity index (χ1v) is 12.9. The number of carbonyl (C=O) groups excluding carboxylic acids is 1. The van der Waals surface area contributed by atoms with Gasteiger partial charge in [-0.05, 0) is 74.1 Å². The Morgan fingerprint density at radius 2 is 1.74 bits per heavy atom. The molecule has 0 spiro atoms. The van der Waals surface area contributed by atoms with Crippen LogP contribution in [0.4, 0.5) is 0 Å². The Kier molecular flexibility index (Phi) is 7.60. The molecule has 0 radical (unpaired) electrons. The number of fused-ring (bicyclic) bond motifs is 1. The van der Waals surface area contributed by atoms with Crippen LogP contribution < -0.4 is 11.0 Å². The molecule has 1 heterocycles. The van der Waals surface area contributed by atoms with Crippen LogP contribution in [0.5, 0.6) is 0 Å². The Morgan fingerprint density at radius 1 is 1.09 bits per heavy atom. The van der Waals surface area contributed by atoms with E-state index in [2.05, 4.69) is 29.2 Å². The summed E-state index contributed by atoms with van der Waals surface area (Å²) < 4.78 is 23.9. The van der Waals surface area contributed by atoms with E-state index >= 15 is 0 Å². The number of carbonyl (C=O) groups is 1. The summed E-state index contributed by atoms with van der Waals surface area (Å²) in [6.07, 6.45) is 3.34. The van der Waals surface area contributed by atoms with E-state index in [1.165, 1.54) is 22.5 Å². The molecular weight excluding hydrogens is 454 g/mol. The predicted octanol–water partition coefficient (Wildman–Crippen LogP) is 2.47. The molecule has 182 valence electrons. The molecule has 1 atom stereocenters. The lowest BCUT2D eigenvalue weighted by atomic mass is 10.00. The number of pyridine rings is 1. The molecule has 0 aliphatic rings. The maximum Gasteiger partial charge on any atom is 0.264 e. The van der Waals surface area contributed by atoms with Gasteiger partial charge in [-0.3, -0.25) is 14.8 Å². The smallest absolute Gasteiger partial charge is 0.264 e. The topological polar surface area (TPSA) is 109 Å². The summed E-state index contributed by atoms with van der Waals surface area (Å²) in [6, 6.07) is 15.8. The zero-order valence-electron chi connectivity index (χ0n) is 19.9. The highest BCUT2D eigenvalue weighted by molar-refractivity contribution is 7.92. The van der Waals surface area contributed by atoms with Crippen molar-refractivity contribution in [3.05, 3.63) is 70.6 Å². The second-order valence-electron chi connectivity index (χ2n) is 9.06. The monoisotopic (exact) mass is 485 g/mol. The zero-order valence-corrected chi connectivity index (χ0v) is 20.7. The number of aryl methyl sites for hydroxylation is 1. The molecule has 3 aromatic rings. The molecule has 34 heavy (non-hydrogen) atoms. The number of likely N-dealkylation sites (N-methyl/N-ethyl adjacent to an activating group) is 1. The first-order chi connectivity index (χ1) is 16.0. The average Bonchev–Trinajstić information content (AvgIpc) is 2.81. The maximum absolute atomic E-state index is 13.0. The van der Waals surface area contributed by atoms with Crippen molar-refractivity contribution in [3.8, 4) is 11.1 Å². The number of amides is 1. The lowest BCUT2D eigenvalue weighted by Crippen LogP contribution is -2.49. The van der Waals surface area contributed by atoms with Gasteiger partial charge in [-0.15, -0.1) is 0 Å². The summed E-state index contributed by atoms with van der Waals surface area (Å²) in [5.74, 6) is -1.03. The lowest BCUT2D eigenvalue weighted by Gasteiger charge is -2.25. The maximum atomic E-state index is 13.0. The SMILES string of the molecule is CN(C)CCc1ccc(-c2ccc3c(=O)n(CC[C@](C)(C(=O)NO)S(C)(=O)=O)ccc3c2)cc1. The summed E-state index contributed by atoms with van der Waals surface area (Å²) in [5, 5.41) is 10.3. The molecule has 0 bridgehead atoms. The predicted molar refractivity (Wildman–Crippen MR) is 134 cm³/mol. The molecule has 1 amide bonds. The van der Waals surface area contributed by atoms with Crippen molar-refractivity contribution in [2.45, 2.75) is 31.1 Å². The molecule has 0 aliphatic heterocycles. The fourth-order valence-corrected chi connectivity index (χ4v) is 4.62. The van der Waals surface area contributed by atoms with Gasteiger partial charge < -0.3 is 9.47 Å². The normalized spacial score (nSPS) is 13.7. The summed E-state index contributed by atoms with van der Waals surface area (Å²) in [4.78, 5) is 27.2. The molecule has 1 aromatic heterocycles. The minimum Gasteiger partial charge on any atom is -0.315 e. The third kappa shape index (κ3) is 5.38. The highest BCUT2D eigenvalue weighted by Crippen LogP contribution is 2.25. The van der Waals surface area contributed by atoms with E-state index in [0.717, 1.165) is 35.7 Å². The van der Waals surface area contributed by atoms with E-state index in [1.807, 2.05) is 26.2 Å². The van der Waals surface area contributed by atoms with Crippen LogP contribution in [0.25, 0.3) is 21.9 Å². The number of nitrogens with one attached hydrogen (secondary N) is 1. The summed E-state index contributed by atoms with van der Waals surface area (Å²) in [6.45, 7) is 2.22. The van der Waals surface area contributed by atoms with Crippen molar-refractivity contribution in [2.75, 3.05) is 26.9 Å². The van der Waals surface area contributed by atoms with Crippen molar-refractivity contribution in [2.24, 2.45) is 0 Å². The average molecular weight is 486 g/mol. The minimum atomic E-state index is -3.84. The molecule has 0 aliphatic carbocycles. The van der Waals surface area contributed by atoms with Gasteiger partial charge in [-0.25, -0.2) is 13.9 Å². The van der Waals surface area contributed by atoms with Gasteiger partial charge in [-0.2, -0.15) is 0 Å². The third-order valence-electron chi connectivity index (χ3n) is 6.34. The van der Waals surface area contributed by atoms with E-state index in [4.69, 9.17) is 5.21 Å². The van der Waals surface area contributed by atoms with Crippen molar-refractivity contribution in [3.63, 3.8) is 0 Å². The molecule has 0 unspecified atom stereocenters. The van der Waals surface area contributed by atoms with Gasteiger partial charge >= 0.3 is 0 Å². The molecular formula is C25H31N3O5S. The second-order valence-corrected chi connectivity index (χ2v) is 11.5. The van der Waals surface area contributed by atoms with Gasteiger partial charge in [0.1, 0.15) is 0 Å². The molecule has 8 nitrogen and oxygen atoms in total. The summed E-state index contributed by atoms with van der Waals surface area (Å²) >= 11 is 0. The van der Waals surface area contributed by atoms with Crippen LogP contribution in [-0.2, 0) is 27.6 Å². The van der Waals surface area contributed by atoms with Crippen molar-refractivity contribution < 1.29 is 18.4 Å². The van der Waals surface area contributed by atoms with Crippen LogP contribution in [0.2, 0.25) is 0 Å². The van der Waals surface area contributed by atoms with Crippen molar-refractivity contribution in [1.82, 2.24) is 14.9 Å². The van der Waals surface area contributed by atoms with Gasteiger partial charge in [0.15, 0.2) is 14.6 Å². The quantitative estimate of drug-likeness (QED) is 0.356. The van der Waals surface area contributed by atoms with Crippen LogP contribution in [-0.4, -0.2) is 60.6 Å². The fourth-order valence-electron chi connectivity index (χ4n) is 3.78. The molecule has 0 fully saturated rings. The van der Waals surface area contributed by atoms with Crippen LogP contribution in [0.15, 0.2) is 59.5 Å². The van der Waals surface area contributed by atoms with E-state index in [9.17, 15) is 18.0 Å². The van der Waals surface area contributed by atoms with E-state index in [1.54, 1.807) is 18.3 Å². The number of hydroxylamine groups is 1. The van der Waals surface area contributed by atoms with Gasteiger partial charge in [0, 0.05) is 30.9 Å². The number of sulfone groups is 1. The van der Waals surface area contributed by atoms with Crippen molar-refractivity contribution >= 4 is 26.5 Å². The van der Waals surface area contributed by atoms with Gasteiger partial charge in [0.05, 0.1) is 0 Å². The Bertz CT molecular complexity index is 1350. The van der Waals surface area contributed by atoms with Crippen LogP contribution in [0.1, 0.15) is 18.9 Å². The number of hydrogen-bond donors (Lipinski definition) is 2. The third-order valence-corrected chi connectivity index (χ3v) is 8.37. The Hall–Kier alpha value is -3.01. The first kappa shape index (κ1) is 25.6. The van der Waals surface area contributed by atoms with Crippen molar-refractivity contribution in [1.29, 1.82) is 0 Å². The number of aromatic nitrogens is 1. The highest BCUT2D eigenvalue weighted by Gasteiger charge is 2.43. The molecule has 2 aromatic carbocycles. The molecule has 3 rings (SSSR count). The fraction of sp³-hybridized carbons (Fsp3) is 0.360. The van der Waals surface area contributed by atoms with Crippen LogP contribution >= 0.6 is 0 Å². The van der Waals surface area contributed by atoms with E-state index in [-0.39, 0.29) is 18.5 Å². The Balaban J connectivity index is 1.85. The van der Waals surface area contributed by atoms with Gasteiger partial charge in [0.2, 0.25) is 0 Å². The van der Waals surface area contributed by atoms with Crippen LogP contribution in [0.3, 0.4) is 0 Å². The number of hydrogen-bond acceptors (Lipinski definition) is 6. The number of rotatable bonds is 9. The molecule has 0 saturated heterocycles. The van der Waals surface area contributed by atoms with Gasteiger partial charge in [-0.1, -0.05) is 30.3 Å². The zero-order chi connectivity index (χ0) is 25.1. The minimum absolute atomic E-state index is 0.00191. The molecule has 9 heteroatoms. The Labute approximate surface area is 199 Å². The standard InChI is InChI=1S/C25H31N3O5S/c1-25(24(30)26-31,34(4,32)33)13-16-28-15-12-21-17-20(9-10-22(21)23(28)29)19-7-5-18(6-8-19)11-14-27(2)3/h5-10,12,15,17,31H,11,13-14,16H2,1-4H3,(H,26,30)/t25-/m1/s1. The summed E-state index contributed by atoms with van der Waals surface area (Å²) in [7, 11) is 0.260. The van der Waals surface area contributed by atoms with E-state index < -0.39 is 20.5 Å². The number of benzene rings is 2. The number of nitrogens with zero attached hydrogens (tertiary/aromatic N) is 2.